The number of carbonyl (C=O) groups excluding carboxylic acids is 2. The summed E-state index contributed by atoms with van der Waals surface area (Å²) in [5.41, 5.74) is 0.588. The van der Waals surface area contributed by atoms with Crippen LogP contribution in [-0.2, 0) is 14.3 Å². The molecule has 0 bridgehead atoms. The second kappa shape index (κ2) is 8.70. The summed E-state index contributed by atoms with van der Waals surface area (Å²) in [5.74, 6) is -0.254. The lowest BCUT2D eigenvalue weighted by molar-refractivity contribution is -0.919. The quantitative estimate of drug-likeness (QED) is 0.777. The first-order valence-corrected chi connectivity index (χ1v) is 8.94. The standard InChI is InChI=1S/C17H22Cl2N2O3/c1-3-24-17(23)12-4-6-21(7-5-12)11(2)16(22)20-15-9-13(18)8-14(19)10-15/h8-12H,3-7H2,1-2H3,(H,20,22)/p+1/t11-/m0/s1. The number of piperidine rings is 1. The molecular formula is C17H23Cl2N2O3+. The van der Waals surface area contributed by atoms with Crippen LogP contribution in [0.5, 0.6) is 0 Å². The normalized spacial score (nSPS) is 21.8. The van der Waals surface area contributed by atoms with Crippen LogP contribution < -0.4 is 10.2 Å². The number of hydrogen-bond donors (Lipinski definition) is 2. The third kappa shape index (κ3) is 5.10. The Hall–Kier alpha value is -1.30. The third-order valence-corrected chi connectivity index (χ3v) is 4.82. The molecule has 0 saturated carbocycles. The Bertz CT molecular complexity index is 581. The zero-order chi connectivity index (χ0) is 17.7. The second-order valence-corrected chi connectivity index (χ2v) is 6.93. The molecule has 2 N–H and O–H groups in total. The van der Waals surface area contributed by atoms with Gasteiger partial charge in [0.05, 0.1) is 25.6 Å². The van der Waals surface area contributed by atoms with Gasteiger partial charge in [-0.1, -0.05) is 23.2 Å². The monoisotopic (exact) mass is 373 g/mol. The van der Waals surface area contributed by atoms with Gasteiger partial charge in [-0.05, 0) is 32.0 Å². The van der Waals surface area contributed by atoms with Crippen LogP contribution in [0.15, 0.2) is 18.2 Å². The van der Waals surface area contributed by atoms with E-state index in [1.807, 2.05) is 13.8 Å². The lowest BCUT2D eigenvalue weighted by Gasteiger charge is -2.31. The first kappa shape index (κ1) is 19.0. The number of carbonyl (C=O) groups is 2. The maximum atomic E-state index is 12.4. The van der Waals surface area contributed by atoms with E-state index in [0.717, 1.165) is 25.9 Å². The number of likely N-dealkylation sites (tertiary alicyclic amines) is 1. The molecule has 1 amide bonds. The summed E-state index contributed by atoms with van der Waals surface area (Å²) in [6.45, 7) is 5.66. The predicted molar refractivity (Wildman–Crippen MR) is 94.6 cm³/mol. The fourth-order valence-corrected chi connectivity index (χ4v) is 3.51. The number of ether oxygens (including phenoxy) is 1. The summed E-state index contributed by atoms with van der Waals surface area (Å²) < 4.78 is 5.07. The minimum atomic E-state index is -0.217. The van der Waals surface area contributed by atoms with Crippen LogP contribution in [0.4, 0.5) is 5.69 Å². The Morgan fingerprint density at radius 1 is 1.25 bits per heavy atom. The molecule has 0 aliphatic carbocycles. The number of rotatable bonds is 5. The number of nitrogens with one attached hydrogen (secondary N) is 2. The van der Waals surface area contributed by atoms with Crippen molar-refractivity contribution in [3.63, 3.8) is 0 Å². The number of halogens is 2. The predicted octanol–water partition coefficient (Wildman–Crippen LogP) is 2.18. The Morgan fingerprint density at radius 3 is 2.38 bits per heavy atom. The highest BCUT2D eigenvalue weighted by molar-refractivity contribution is 6.35. The number of hydrogen-bond acceptors (Lipinski definition) is 3. The molecule has 132 valence electrons. The van der Waals surface area contributed by atoms with Crippen molar-refractivity contribution < 1.29 is 19.2 Å². The summed E-state index contributed by atoms with van der Waals surface area (Å²) in [7, 11) is 0. The van der Waals surface area contributed by atoms with Crippen molar-refractivity contribution in [1.29, 1.82) is 0 Å². The van der Waals surface area contributed by atoms with Crippen molar-refractivity contribution >= 4 is 40.8 Å². The first-order chi connectivity index (χ1) is 11.4. The van der Waals surface area contributed by atoms with Gasteiger partial charge in [0.15, 0.2) is 6.04 Å². The largest absolute Gasteiger partial charge is 0.466 e. The molecule has 1 aromatic carbocycles. The molecule has 1 atom stereocenters. The molecule has 7 heteroatoms. The van der Waals surface area contributed by atoms with E-state index in [9.17, 15) is 9.59 Å². The fourth-order valence-electron chi connectivity index (χ4n) is 2.98. The molecule has 0 unspecified atom stereocenters. The summed E-state index contributed by atoms with van der Waals surface area (Å²) in [6, 6.07) is 4.74. The Labute approximate surface area is 152 Å². The molecule has 1 aromatic rings. The van der Waals surface area contributed by atoms with E-state index in [2.05, 4.69) is 5.32 Å². The van der Waals surface area contributed by atoms with Crippen LogP contribution in [0, 0.1) is 5.92 Å². The van der Waals surface area contributed by atoms with Gasteiger partial charge in [-0.25, -0.2) is 0 Å². The summed E-state index contributed by atoms with van der Waals surface area (Å²) in [5, 5.41) is 3.81. The Kier molecular flexibility index (Phi) is 6.90. The molecule has 1 aliphatic heterocycles. The van der Waals surface area contributed by atoms with E-state index in [1.165, 1.54) is 4.90 Å². The minimum Gasteiger partial charge on any atom is -0.466 e. The van der Waals surface area contributed by atoms with Crippen LogP contribution in [0.3, 0.4) is 0 Å². The van der Waals surface area contributed by atoms with Crippen LogP contribution in [0.2, 0.25) is 10.0 Å². The first-order valence-electron chi connectivity index (χ1n) is 8.19. The van der Waals surface area contributed by atoms with Crippen molar-refractivity contribution in [2.24, 2.45) is 5.92 Å². The van der Waals surface area contributed by atoms with Crippen molar-refractivity contribution in [3.8, 4) is 0 Å². The van der Waals surface area contributed by atoms with Crippen molar-refractivity contribution in [1.82, 2.24) is 0 Å². The fraction of sp³-hybridized carbons (Fsp3) is 0.529. The van der Waals surface area contributed by atoms with E-state index in [1.54, 1.807) is 18.2 Å². The van der Waals surface area contributed by atoms with Gasteiger partial charge in [-0.15, -0.1) is 0 Å². The number of esters is 1. The molecule has 5 nitrogen and oxygen atoms in total. The van der Waals surface area contributed by atoms with Gasteiger partial charge in [0.2, 0.25) is 0 Å². The van der Waals surface area contributed by atoms with Gasteiger partial charge in [-0.3, -0.25) is 9.59 Å². The smallest absolute Gasteiger partial charge is 0.309 e. The summed E-state index contributed by atoms with van der Waals surface area (Å²) >= 11 is 11.9. The van der Waals surface area contributed by atoms with Crippen LogP contribution in [0.1, 0.15) is 26.7 Å². The van der Waals surface area contributed by atoms with Gasteiger partial charge in [-0.2, -0.15) is 0 Å². The molecular weight excluding hydrogens is 351 g/mol. The van der Waals surface area contributed by atoms with Crippen molar-refractivity contribution in [2.45, 2.75) is 32.7 Å². The molecule has 1 saturated heterocycles. The molecule has 0 radical (unpaired) electrons. The van der Waals surface area contributed by atoms with E-state index < -0.39 is 0 Å². The van der Waals surface area contributed by atoms with E-state index >= 15 is 0 Å². The minimum absolute atomic E-state index is 0.0457. The van der Waals surface area contributed by atoms with Crippen LogP contribution in [-0.4, -0.2) is 37.6 Å². The lowest BCUT2D eigenvalue weighted by Crippen LogP contribution is -3.17. The maximum Gasteiger partial charge on any atom is 0.309 e. The highest BCUT2D eigenvalue weighted by Gasteiger charge is 2.33. The van der Waals surface area contributed by atoms with Gasteiger partial charge in [0.1, 0.15) is 0 Å². The SMILES string of the molecule is CCOC(=O)C1CC[NH+]([C@@H](C)C(=O)Nc2cc(Cl)cc(Cl)c2)CC1. The highest BCUT2D eigenvalue weighted by Crippen LogP contribution is 2.22. The average Bonchev–Trinajstić information content (AvgIpc) is 2.53. The van der Waals surface area contributed by atoms with Crippen molar-refractivity contribution in [3.05, 3.63) is 28.2 Å². The third-order valence-electron chi connectivity index (χ3n) is 4.38. The molecule has 1 fully saturated rings. The van der Waals surface area contributed by atoms with Gasteiger partial charge < -0.3 is 15.0 Å². The molecule has 0 spiro atoms. The zero-order valence-corrected chi connectivity index (χ0v) is 15.4. The Balaban J connectivity index is 1.89. The molecule has 2 rings (SSSR count). The van der Waals surface area contributed by atoms with E-state index in [0.29, 0.717) is 22.3 Å². The molecule has 0 aromatic heterocycles. The van der Waals surface area contributed by atoms with Gasteiger partial charge >= 0.3 is 5.97 Å². The Morgan fingerprint density at radius 2 is 1.83 bits per heavy atom. The number of anilines is 1. The molecule has 1 aliphatic rings. The van der Waals surface area contributed by atoms with Gasteiger partial charge in [0.25, 0.3) is 5.91 Å². The maximum absolute atomic E-state index is 12.4. The second-order valence-electron chi connectivity index (χ2n) is 6.05. The summed E-state index contributed by atoms with van der Waals surface area (Å²) in [6.07, 6.45) is 1.49. The average molecular weight is 374 g/mol. The highest BCUT2D eigenvalue weighted by atomic mass is 35.5. The molecule has 24 heavy (non-hydrogen) atoms. The van der Waals surface area contributed by atoms with Crippen LogP contribution in [0.25, 0.3) is 0 Å². The van der Waals surface area contributed by atoms with Gasteiger partial charge in [0, 0.05) is 28.6 Å². The van der Waals surface area contributed by atoms with Crippen molar-refractivity contribution in [2.75, 3.05) is 25.0 Å². The number of quaternary nitrogens is 1. The number of amides is 1. The lowest BCUT2D eigenvalue weighted by atomic mass is 9.96. The summed E-state index contributed by atoms with van der Waals surface area (Å²) in [4.78, 5) is 25.4. The topological polar surface area (TPSA) is 59.8 Å². The number of benzene rings is 1. The molecule has 1 heterocycles. The van der Waals surface area contributed by atoms with E-state index in [-0.39, 0.29) is 23.8 Å². The van der Waals surface area contributed by atoms with E-state index in [4.69, 9.17) is 27.9 Å². The zero-order valence-electron chi connectivity index (χ0n) is 13.9. The van der Waals surface area contributed by atoms with Crippen LogP contribution >= 0.6 is 23.2 Å².